The van der Waals surface area contributed by atoms with Gasteiger partial charge in [0.15, 0.2) is 0 Å². The molecule has 0 aromatic rings. The van der Waals surface area contributed by atoms with Crippen LogP contribution in [0.25, 0.3) is 0 Å². The Labute approximate surface area is 164 Å². The highest BCUT2D eigenvalue weighted by atomic mass is 16.5. The summed E-state index contributed by atoms with van der Waals surface area (Å²) in [6.07, 6.45) is 5.19. The fraction of sp³-hybridized carbons (Fsp3) is 0.524. The van der Waals surface area contributed by atoms with Gasteiger partial charge in [0.1, 0.15) is 11.1 Å². The fourth-order valence-electron chi connectivity index (χ4n) is 3.16. The Hall–Kier alpha value is -3.06. The summed E-state index contributed by atoms with van der Waals surface area (Å²) in [5.74, 6) is 6.62. The number of nitrogens with zero attached hydrogens (tertiary/aromatic N) is 1. The zero-order valence-corrected chi connectivity index (χ0v) is 16.1. The third-order valence-corrected chi connectivity index (χ3v) is 4.46. The number of imide groups is 1. The number of ether oxygens (including phenoxy) is 2. The van der Waals surface area contributed by atoms with Crippen molar-refractivity contribution in [2.75, 3.05) is 19.8 Å². The highest BCUT2D eigenvalue weighted by Crippen LogP contribution is 2.28. The zero-order valence-electron chi connectivity index (χ0n) is 16.1. The van der Waals surface area contributed by atoms with Crippen molar-refractivity contribution in [2.45, 2.75) is 46.0 Å². The SMILES string of the molecule is CCOC(=O)C#CC1=C(C#CC(=O)OCC)C(=O)N(CC2CCCCC2)C1=O. The summed E-state index contributed by atoms with van der Waals surface area (Å²) in [5, 5.41) is 0. The minimum absolute atomic E-state index is 0.142. The largest absolute Gasteiger partial charge is 0.456 e. The summed E-state index contributed by atoms with van der Waals surface area (Å²) in [4.78, 5) is 49.6. The first kappa shape index (κ1) is 21.2. The van der Waals surface area contributed by atoms with Crippen molar-refractivity contribution in [3.63, 3.8) is 0 Å². The quantitative estimate of drug-likeness (QED) is 0.314. The van der Waals surface area contributed by atoms with Gasteiger partial charge in [-0.25, -0.2) is 9.59 Å². The van der Waals surface area contributed by atoms with E-state index in [1.165, 1.54) is 0 Å². The molecule has 0 N–H and O–H groups in total. The molecular weight excluding hydrogens is 362 g/mol. The maximum absolute atomic E-state index is 12.7. The Kier molecular flexibility index (Phi) is 7.83. The lowest BCUT2D eigenvalue weighted by Crippen LogP contribution is -2.36. The van der Waals surface area contributed by atoms with E-state index in [9.17, 15) is 19.2 Å². The van der Waals surface area contributed by atoms with Gasteiger partial charge in [0.2, 0.25) is 0 Å². The third kappa shape index (κ3) is 5.47. The van der Waals surface area contributed by atoms with Gasteiger partial charge in [0.05, 0.1) is 13.2 Å². The van der Waals surface area contributed by atoms with Gasteiger partial charge in [-0.3, -0.25) is 14.5 Å². The van der Waals surface area contributed by atoms with Gasteiger partial charge in [-0.15, -0.1) is 0 Å². The Bertz CT molecular complexity index is 753. The molecule has 0 bridgehead atoms. The van der Waals surface area contributed by atoms with Gasteiger partial charge in [0.25, 0.3) is 11.8 Å². The van der Waals surface area contributed by atoms with E-state index in [0.717, 1.165) is 37.0 Å². The molecule has 0 saturated heterocycles. The lowest BCUT2D eigenvalue weighted by atomic mass is 9.89. The van der Waals surface area contributed by atoms with Crippen LogP contribution < -0.4 is 0 Å². The van der Waals surface area contributed by atoms with Crippen LogP contribution in [0.1, 0.15) is 46.0 Å². The van der Waals surface area contributed by atoms with E-state index in [2.05, 4.69) is 23.7 Å². The molecule has 0 aromatic carbocycles. The van der Waals surface area contributed by atoms with Crippen LogP contribution in [0.15, 0.2) is 11.1 Å². The lowest BCUT2D eigenvalue weighted by Gasteiger charge is -2.25. The van der Waals surface area contributed by atoms with Gasteiger partial charge < -0.3 is 9.47 Å². The van der Waals surface area contributed by atoms with E-state index in [4.69, 9.17) is 9.47 Å². The Morgan fingerprint density at radius 3 is 1.79 bits per heavy atom. The average molecular weight is 385 g/mol. The van der Waals surface area contributed by atoms with E-state index < -0.39 is 23.8 Å². The fourth-order valence-corrected chi connectivity index (χ4v) is 3.16. The number of amides is 2. The molecule has 0 radical (unpaired) electrons. The maximum Gasteiger partial charge on any atom is 0.384 e. The molecule has 1 aliphatic carbocycles. The van der Waals surface area contributed by atoms with E-state index in [1.807, 2.05) is 0 Å². The summed E-state index contributed by atoms with van der Waals surface area (Å²) in [6, 6.07) is 0. The smallest absolute Gasteiger partial charge is 0.384 e. The number of hydrogen-bond donors (Lipinski definition) is 0. The van der Waals surface area contributed by atoms with Crippen molar-refractivity contribution < 1.29 is 28.7 Å². The highest BCUT2D eigenvalue weighted by Gasteiger charge is 2.38. The van der Waals surface area contributed by atoms with Gasteiger partial charge in [-0.2, -0.15) is 0 Å². The Morgan fingerprint density at radius 2 is 1.36 bits per heavy atom. The summed E-state index contributed by atoms with van der Waals surface area (Å²) in [6.45, 7) is 3.83. The van der Waals surface area contributed by atoms with Gasteiger partial charge in [-0.05, 0) is 44.4 Å². The van der Waals surface area contributed by atoms with Crippen LogP contribution in [-0.4, -0.2) is 48.4 Å². The molecular formula is C21H23NO6. The molecule has 1 fully saturated rings. The van der Waals surface area contributed by atoms with Crippen LogP contribution in [-0.2, 0) is 28.7 Å². The maximum atomic E-state index is 12.7. The average Bonchev–Trinajstić information content (AvgIpc) is 2.90. The molecule has 0 atom stereocenters. The van der Waals surface area contributed by atoms with Crippen LogP contribution in [0.3, 0.4) is 0 Å². The van der Waals surface area contributed by atoms with E-state index in [-0.39, 0.29) is 36.8 Å². The van der Waals surface area contributed by atoms with E-state index in [1.54, 1.807) is 13.8 Å². The van der Waals surface area contributed by atoms with Crippen LogP contribution in [0, 0.1) is 29.6 Å². The van der Waals surface area contributed by atoms with Gasteiger partial charge in [-0.1, -0.05) is 19.3 Å². The first-order chi connectivity index (χ1) is 13.5. The summed E-state index contributed by atoms with van der Waals surface area (Å²) in [7, 11) is 0. The molecule has 1 heterocycles. The Morgan fingerprint density at radius 1 is 0.893 bits per heavy atom. The van der Waals surface area contributed by atoms with Crippen molar-refractivity contribution in [3.05, 3.63) is 11.1 Å². The van der Waals surface area contributed by atoms with Crippen molar-refractivity contribution in [3.8, 4) is 23.7 Å². The molecule has 7 nitrogen and oxygen atoms in total. The van der Waals surface area contributed by atoms with Crippen molar-refractivity contribution in [1.82, 2.24) is 4.90 Å². The second-order valence-corrected chi connectivity index (χ2v) is 6.42. The molecule has 2 amide bonds. The number of carbonyl (C=O) groups is 4. The second kappa shape index (κ2) is 10.3. The molecule has 1 aliphatic heterocycles. The molecule has 0 unspecified atom stereocenters. The predicted octanol–water partition coefficient (Wildman–Crippen LogP) is 1.37. The third-order valence-electron chi connectivity index (χ3n) is 4.46. The second-order valence-electron chi connectivity index (χ2n) is 6.42. The number of carbonyl (C=O) groups excluding carboxylic acids is 4. The van der Waals surface area contributed by atoms with Crippen LogP contribution in [0.2, 0.25) is 0 Å². The highest BCUT2D eigenvalue weighted by molar-refractivity contribution is 6.24. The molecule has 2 rings (SSSR count). The topological polar surface area (TPSA) is 90.0 Å². The minimum atomic E-state index is -0.807. The summed E-state index contributed by atoms with van der Waals surface area (Å²) >= 11 is 0. The molecule has 2 aliphatic rings. The first-order valence-corrected chi connectivity index (χ1v) is 9.45. The van der Waals surface area contributed by atoms with E-state index in [0.29, 0.717) is 0 Å². The molecule has 148 valence electrons. The summed E-state index contributed by atoms with van der Waals surface area (Å²) < 4.78 is 9.44. The first-order valence-electron chi connectivity index (χ1n) is 9.45. The standard InChI is InChI=1S/C21H23NO6/c1-3-27-18(23)12-10-16-17(11-13-19(24)28-4-2)21(26)22(20(16)25)14-15-8-6-5-7-9-15/h15H,3-9,14H2,1-2H3. The monoisotopic (exact) mass is 385 g/mol. The number of hydrogen-bond acceptors (Lipinski definition) is 6. The molecule has 7 heteroatoms. The van der Waals surface area contributed by atoms with Gasteiger partial charge in [0, 0.05) is 18.4 Å². The van der Waals surface area contributed by atoms with Crippen molar-refractivity contribution >= 4 is 23.8 Å². The molecule has 0 spiro atoms. The van der Waals surface area contributed by atoms with Crippen molar-refractivity contribution in [2.24, 2.45) is 5.92 Å². The zero-order chi connectivity index (χ0) is 20.5. The molecule has 0 aromatic heterocycles. The number of esters is 2. The van der Waals surface area contributed by atoms with Crippen LogP contribution in [0.5, 0.6) is 0 Å². The van der Waals surface area contributed by atoms with Crippen LogP contribution >= 0.6 is 0 Å². The number of rotatable bonds is 4. The lowest BCUT2D eigenvalue weighted by molar-refractivity contribution is -0.138. The summed E-state index contributed by atoms with van der Waals surface area (Å²) in [5.41, 5.74) is -0.378. The van der Waals surface area contributed by atoms with E-state index >= 15 is 0 Å². The Balaban J connectivity index is 2.30. The normalized spacial score (nSPS) is 16.9. The minimum Gasteiger partial charge on any atom is -0.456 e. The molecule has 1 saturated carbocycles. The predicted molar refractivity (Wildman–Crippen MR) is 99.1 cm³/mol. The van der Waals surface area contributed by atoms with Crippen LogP contribution in [0.4, 0.5) is 0 Å². The van der Waals surface area contributed by atoms with Crippen molar-refractivity contribution in [1.29, 1.82) is 0 Å². The molecule has 28 heavy (non-hydrogen) atoms. The van der Waals surface area contributed by atoms with Gasteiger partial charge >= 0.3 is 11.9 Å².